The number of hydrogen-bond acceptors (Lipinski definition) is 5. The van der Waals surface area contributed by atoms with E-state index in [1.54, 1.807) is 35.1 Å². The summed E-state index contributed by atoms with van der Waals surface area (Å²) in [5.74, 6) is -0.579. The number of carbonyl (C=O) groups is 3. The van der Waals surface area contributed by atoms with Crippen LogP contribution in [0.2, 0.25) is 5.02 Å². The van der Waals surface area contributed by atoms with Gasteiger partial charge in [0.25, 0.3) is 0 Å². The number of aryl methyl sites for hydroxylation is 2. The summed E-state index contributed by atoms with van der Waals surface area (Å²) in [6.45, 7) is 5.84. The van der Waals surface area contributed by atoms with E-state index < -0.39 is 0 Å². The van der Waals surface area contributed by atoms with Crippen molar-refractivity contribution in [2.45, 2.75) is 33.7 Å². The SMILES string of the molecule is CCN(CC(=O)Nc1cc(Cl)ccc1C)C(=O)CCn1cc(-c2ccc(NC(C)=O)cc2)nn1. The van der Waals surface area contributed by atoms with E-state index in [4.69, 9.17) is 11.6 Å². The lowest BCUT2D eigenvalue weighted by molar-refractivity contribution is -0.134. The number of aromatic nitrogens is 3. The minimum Gasteiger partial charge on any atom is -0.334 e. The third kappa shape index (κ3) is 6.89. The smallest absolute Gasteiger partial charge is 0.244 e. The van der Waals surface area contributed by atoms with Gasteiger partial charge in [0.05, 0.1) is 19.3 Å². The van der Waals surface area contributed by atoms with Gasteiger partial charge in [0.2, 0.25) is 17.7 Å². The summed E-state index contributed by atoms with van der Waals surface area (Å²) in [5.41, 5.74) is 3.71. The molecule has 0 radical (unpaired) electrons. The van der Waals surface area contributed by atoms with Crippen LogP contribution in [0, 0.1) is 6.92 Å². The minimum atomic E-state index is -0.286. The highest BCUT2D eigenvalue weighted by atomic mass is 35.5. The summed E-state index contributed by atoms with van der Waals surface area (Å²) in [6, 6.07) is 12.5. The fourth-order valence-corrected chi connectivity index (χ4v) is 3.48. The zero-order valence-corrected chi connectivity index (χ0v) is 20.1. The Hall–Kier alpha value is -3.72. The third-order valence-electron chi connectivity index (χ3n) is 5.14. The number of likely N-dealkylation sites (N-methyl/N-ethyl adjacent to an activating group) is 1. The number of amides is 3. The molecule has 178 valence electrons. The van der Waals surface area contributed by atoms with E-state index in [0.29, 0.717) is 35.2 Å². The highest BCUT2D eigenvalue weighted by molar-refractivity contribution is 6.31. The number of halogens is 1. The lowest BCUT2D eigenvalue weighted by atomic mass is 10.1. The largest absolute Gasteiger partial charge is 0.334 e. The van der Waals surface area contributed by atoms with Crippen molar-refractivity contribution in [1.82, 2.24) is 19.9 Å². The van der Waals surface area contributed by atoms with Gasteiger partial charge in [-0.1, -0.05) is 35.0 Å². The zero-order valence-electron chi connectivity index (χ0n) is 19.3. The molecule has 34 heavy (non-hydrogen) atoms. The van der Waals surface area contributed by atoms with Crippen LogP contribution >= 0.6 is 11.6 Å². The van der Waals surface area contributed by atoms with E-state index in [1.807, 2.05) is 32.0 Å². The molecule has 0 bridgehead atoms. The van der Waals surface area contributed by atoms with Gasteiger partial charge in [0.15, 0.2) is 0 Å². The van der Waals surface area contributed by atoms with Gasteiger partial charge in [-0.2, -0.15) is 0 Å². The quantitative estimate of drug-likeness (QED) is 0.483. The van der Waals surface area contributed by atoms with Gasteiger partial charge >= 0.3 is 0 Å². The molecule has 0 fully saturated rings. The van der Waals surface area contributed by atoms with E-state index in [2.05, 4.69) is 20.9 Å². The second-order valence-electron chi connectivity index (χ2n) is 7.79. The lowest BCUT2D eigenvalue weighted by Gasteiger charge is -2.20. The number of anilines is 2. The molecule has 2 aromatic carbocycles. The first-order chi connectivity index (χ1) is 16.2. The molecule has 0 aliphatic carbocycles. The van der Waals surface area contributed by atoms with Gasteiger partial charge in [-0.3, -0.25) is 19.1 Å². The van der Waals surface area contributed by atoms with E-state index in [-0.39, 0.29) is 30.7 Å². The second kappa shape index (κ2) is 11.4. The summed E-state index contributed by atoms with van der Waals surface area (Å²) in [6.07, 6.45) is 1.94. The topological polar surface area (TPSA) is 109 Å². The Morgan fingerprint density at radius 3 is 2.50 bits per heavy atom. The van der Waals surface area contributed by atoms with Crippen LogP contribution in [-0.2, 0) is 20.9 Å². The maximum atomic E-state index is 12.7. The van der Waals surface area contributed by atoms with Crippen molar-refractivity contribution in [2.75, 3.05) is 23.7 Å². The number of benzene rings is 2. The molecule has 3 amide bonds. The standard InChI is InChI=1S/C24H27ClN6O3/c1-4-30(15-23(33)27-21-13-19(25)8-5-16(21)2)24(34)11-12-31-14-22(28-29-31)18-6-9-20(10-7-18)26-17(3)32/h5-10,13-14H,4,11-12,15H2,1-3H3,(H,26,32)(H,27,33). The normalized spacial score (nSPS) is 10.6. The minimum absolute atomic E-state index is 0.0511. The molecule has 0 aliphatic heterocycles. The van der Waals surface area contributed by atoms with Crippen LogP contribution in [0.5, 0.6) is 0 Å². The average Bonchev–Trinajstić information content (AvgIpc) is 3.27. The summed E-state index contributed by atoms with van der Waals surface area (Å²) < 4.78 is 1.60. The van der Waals surface area contributed by atoms with Crippen LogP contribution < -0.4 is 10.6 Å². The van der Waals surface area contributed by atoms with Gasteiger partial charge < -0.3 is 15.5 Å². The molecular formula is C24H27ClN6O3. The van der Waals surface area contributed by atoms with Crippen molar-refractivity contribution in [2.24, 2.45) is 0 Å². The molecule has 0 saturated heterocycles. The highest BCUT2D eigenvalue weighted by Crippen LogP contribution is 2.21. The fraction of sp³-hybridized carbons (Fsp3) is 0.292. The number of rotatable bonds is 9. The predicted octanol–water partition coefficient (Wildman–Crippen LogP) is 3.74. The Balaban J connectivity index is 1.54. The Labute approximate surface area is 203 Å². The van der Waals surface area contributed by atoms with E-state index in [9.17, 15) is 14.4 Å². The Kier molecular flexibility index (Phi) is 8.37. The maximum absolute atomic E-state index is 12.7. The molecule has 0 unspecified atom stereocenters. The van der Waals surface area contributed by atoms with Crippen LogP contribution in [0.4, 0.5) is 11.4 Å². The number of nitrogens with zero attached hydrogens (tertiary/aromatic N) is 4. The van der Waals surface area contributed by atoms with Crippen LogP contribution in [0.25, 0.3) is 11.3 Å². The van der Waals surface area contributed by atoms with Crippen molar-refractivity contribution in [3.05, 3.63) is 59.2 Å². The van der Waals surface area contributed by atoms with Gasteiger partial charge in [0.1, 0.15) is 5.69 Å². The van der Waals surface area contributed by atoms with Gasteiger partial charge in [0, 0.05) is 41.9 Å². The van der Waals surface area contributed by atoms with Crippen molar-refractivity contribution < 1.29 is 14.4 Å². The first kappa shape index (κ1) is 24.9. The molecule has 3 rings (SSSR count). The molecule has 0 saturated carbocycles. The third-order valence-corrected chi connectivity index (χ3v) is 5.37. The maximum Gasteiger partial charge on any atom is 0.244 e. The Morgan fingerprint density at radius 1 is 1.09 bits per heavy atom. The molecule has 0 aliphatic rings. The summed E-state index contributed by atoms with van der Waals surface area (Å²) >= 11 is 6.00. The predicted molar refractivity (Wildman–Crippen MR) is 131 cm³/mol. The second-order valence-corrected chi connectivity index (χ2v) is 8.23. The van der Waals surface area contributed by atoms with E-state index >= 15 is 0 Å². The van der Waals surface area contributed by atoms with Crippen molar-refractivity contribution in [1.29, 1.82) is 0 Å². The molecule has 3 aromatic rings. The number of hydrogen-bond donors (Lipinski definition) is 2. The average molecular weight is 483 g/mol. The monoisotopic (exact) mass is 482 g/mol. The van der Waals surface area contributed by atoms with Gasteiger partial charge in [-0.05, 0) is 43.7 Å². The van der Waals surface area contributed by atoms with Crippen LogP contribution in [-0.4, -0.2) is 50.7 Å². The van der Waals surface area contributed by atoms with Gasteiger partial charge in [-0.15, -0.1) is 5.10 Å². The highest BCUT2D eigenvalue weighted by Gasteiger charge is 2.17. The lowest BCUT2D eigenvalue weighted by Crippen LogP contribution is -2.38. The van der Waals surface area contributed by atoms with Crippen LogP contribution in [0.1, 0.15) is 25.8 Å². The van der Waals surface area contributed by atoms with Crippen molar-refractivity contribution >= 4 is 40.7 Å². The first-order valence-corrected chi connectivity index (χ1v) is 11.2. The first-order valence-electron chi connectivity index (χ1n) is 10.9. The molecule has 0 atom stereocenters. The Morgan fingerprint density at radius 2 is 1.82 bits per heavy atom. The van der Waals surface area contributed by atoms with Crippen LogP contribution in [0.3, 0.4) is 0 Å². The molecule has 10 heteroatoms. The van der Waals surface area contributed by atoms with Gasteiger partial charge in [-0.25, -0.2) is 0 Å². The van der Waals surface area contributed by atoms with E-state index in [0.717, 1.165) is 11.1 Å². The molecule has 9 nitrogen and oxygen atoms in total. The molecule has 1 heterocycles. The number of carbonyl (C=O) groups excluding carboxylic acids is 3. The summed E-state index contributed by atoms with van der Waals surface area (Å²) in [4.78, 5) is 37.8. The number of nitrogens with one attached hydrogen (secondary N) is 2. The van der Waals surface area contributed by atoms with Crippen molar-refractivity contribution in [3.8, 4) is 11.3 Å². The summed E-state index contributed by atoms with van der Waals surface area (Å²) in [5, 5.41) is 14.3. The summed E-state index contributed by atoms with van der Waals surface area (Å²) in [7, 11) is 0. The van der Waals surface area contributed by atoms with E-state index in [1.165, 1.54) is 11.8 Å². The fourth-order valence-electron chi connectivity index (χ4n) is 3.30. The molecule has 2 N–H and O–H groups in total. The Bertz CT molecular complexity index is 1180. The molecule has 1 aromatic heterocycles. The zero-order chi connectivity index (χ0) is 24.7. The molecule has 0 spiro atoms. The van der Waals surface area contributed by atoms with Crippen molar-refractivity contribution in [3.63, 3.8) is 0 Å². The molecular weight excluding hydrogens is 456 g/mol. The van der Waals surface area contributed by atoms with Crippen LogP contribution in [0.15, 0.2) is 48.7 Å².